The molecule has 0 unspecified atom stereocenters. The Kier molecular flexibility index (Phi) is 4.47. The van der Waals surface area contributed by atoms with E-state index in [9.17, 15) is 8.78 Å². The molecule has 0 heterocycles. The van der Waals surface area contributed by atoms with Gasteiger partial charge in [-0.15, -0.1) is 0 Å². The van der Waals surface area contributed by atoms with Gasteiger partial charge in [-0.2, -0.15) is 0 Å². The fourth-order valence-electron chi connectivity index (χ4n) is 1.12. The molecule has 1 aromatic carbocycles. The summed E-state index contributed by atoms with van der Waals surface area (Å²) < 4.78 is 25.8. The van der Waals surface area contributed by atoms with E-state index in [0.29, 0.717) is 5.56 Å². The maximum atomic E-state index is 12.1. The lowest BCUT2D eigenvalue weighted by atomic mass is 10.1. The lowest BCUT2D eigenvalue weighted by molar-refractivity contribution is 0.128. The standard InChI is InChI=1S/C9H9Br2F2N/c10-5-1-2-7(11)6(3-5)8(14)4-9(12)13/h1-3,8-9H,4,14H2/t8-/m1/s1. The van der Waals surface area contributed by atoms with E-state index in [1.54, 1.807) is 12.1 Å². The van der Waals surface area contributed by atoms with Crippen molar-refractivity contribution in [3.05, 3.63) is 32.7 Å². The van der Waals surface area contributed by atoms with Crippen molar-refractivity contribution in [2.75, 3.05) is 0 Å². The second kappa shape index (κ2) is 5.19. The number of halogens is 4. The maximum Gasteiger partial charge on any atom is 0.240 e. The third-order valence-corrected chi connectivity index (χ3v) is 3.01. The van der Waals surface area contributed by atoms with E-state index in [4.69, 9.17) is 5.73 Å². The molecule has 1 rings (SSSR count). The Morgan fingerprint density at radius 2 is 1.93 bits per heavy atom. The zero-order valence-corrected chi connectivity index (χ0v) is 10.4. The Morgan fingerprint density at radius 1 is 1.29 bits per heavy atom. The lowest BCUT2D eigenvalue weighted by Gasteiger charge is -2.13. The van der Waals surface area contributed by atoms with Crippen LogP contribution in [0, 0.1) is 0 Å². The molecular formula is C9H9Br2F2N. The maximum absolute atomic E-state index is 12.1. The predicted octanol–water partition coefficient (Wildman–Crippen LogP) is 3.87. The molecule has 14 heavy (non-hydrogen) atoms. The molecule has 0 amide bonds. The van der Waals surface area contributed by atoms with Gasteiger partial charge in [-0.3, -0.25) is 0 Å². The number of benzene rings is 1. The summed E-state index contributed by atoms with van der Waals surface area (Å²) in [5.41, 5.74) is 6.33. The molecule has 0 saturated heterocycles. The summed E-state index contributed by atoms with van der Waals surface area (Å²) in [6.07, 6.45) is -2.70. The minimum atomic E-state index is -2.38. The Labute approximate surface area is 97.9 Å². The van der Waals surface area contributed by atoms with Gasteiger partial charge in [0.15, 0.2) is 0 Å². The summed E-state index contributed by atoms with van der Waals surface area (Å²) in [6.45, 7) is 0. The smallest absolute Gasteiger partial charge is 0.240 e. The Bertz CT molecular complexity index is 318. The van der Waals surface area contributed by atoms with Crippen LogP contribution in [-0.4, -0.2) is 6.43 Å². The molecule has 78 valence electrons. The molecule has 0 saturated carbocycles. The monoisotopic (exact) mass is 327 g/mol. The van der Waals surface area contributed by atoms with E-state index in [2.05, 4.69) is 31.9 Å². The van der Waals surface area contributed by atoms with Crippen molar-refractivity contribution in [1.82, 2.24) is 0 Å². The van der Waals surface area contributed by atoms with Crippen molar-refractivity contribution < 1.29 is 8.78 Å². The first-order valence-electron chi connectivity index (χ1n) is 3.99. The van der Waals surface area contributed by atoms with E-state index in [1.807, 2.05) is 6.07 Å². The molecule has 0 bridgehead atoms. The van der Waals surface area contributed by atoms with Crippen molar-refractivity contribution in [1.29, 1.82) is 0 Å². The molecule has 5 heteroatoms. The van der Waals surface area contributed by atoms with Gasteiger partial charge in [0, 0.05) is 21.4 Å². The Hall–Kier alpha value is -0.000000000000000111. The van der Waals surface area contributed by atoms with E-state index in [1.165, 1.54) is 0 Å². The Balaban J connectivity index is 2.88. The zero-order chi connectivity index (χ0) is 10.7. The molecule has 0 fully saturated rings. The summed E-state index contributed by atoms with van der Waals surface area (Å²) in [6, 6.07) is 4.71. The first kappa shape index (κ1) is 12.1. The van der Waals surface area contributed by atoms with Gasteiger partial charge < -0.3 is 5.73 Å². The topological polar surface area (TPSA) is 26.0 Å². The Morgan fingerprint density at radius 3 is 2.50 bits per heavy atom. The van der Waals surface area contributed by atoms with Gasteiger partial charge >= 0.3 is 0 Å². The molecule has 0 aliphatic rings. The van der Waals surface area contributed by atoms with Crippen LogP contribution in [0.1, 0.15) is 18.0 Å². The van der Waals surface area contributed by atoms with Gasteiger partial charge in [0.2, 0.25) is 6.43 Å². The fraction of sp³-hybridized carbons (Fsp3) is 0.333. The first-order chi connectivity index (χ1) is 6.50. The number of alkyl halides is 2. The minimum absolute atomic E-state index is 0.324. The summed E-state index contributed by atoms with van der Waals surface area (Å²) in [5, 5.41) is 0. The van der Waals surface area contributed by atoms with Gasteiger partial charge in [-0.25, -0.2) is 8.78 Å². The van der Waals surface area contributed by atoms with Crippen molar-refractivity contribution in [2.24, 2.45) is 5.73 Å². The highest BCUT2D eigenvalue weighted by molar-refractivity contribution is 9.11. The van der Waals surface area contributed by atoms with Crippen molar-refractivity contribution in [3.63, 3.8) is 0 Å². The predicted molar refractivity (Wildman–Crippen MR) is 59.4 cm³/mol. The van der Waals surface area contributed by atoms with Gasteiger partial charge in [0.1, 0.15) is 0 Å². The highest BCUT2D eigenvalue weighted by atomic mass is 79.9. The van der Waals surface area contributed by atoms with Gasteiger partial charge in [-0.05, 0) is 23.8 Å². The van der Waals surface area contributed by atoms with Crippen LogP contribution >= 0.6 is 31.9 Å². The largest absolute Gasteiger partial charge is 0.324 e. The average molecular weight is 329 g/mol. The van der Waals surface area contributed by atoms with E-state index < -0.39 is 12.5 Å². The summed E-state index contributed by atoms with van der Waals surface area (Å²) in [5.74, 6) is 0. The molecule has 0 aliphatic heterocycles. The number of hydrogen-bond donors (Lipinski definition) is 1. The van der Waals surface area contributed by atoms with Crippen molar-refractivity contribution in [3.8, 4) is 0 Å². The van der Waals surface area contributed by atoms with Gasteiger partial charge in [-0.1, -0.05) is 31.9 Å². The number of nitrogens with two attached hydrogens (primary N) is 1. The molecule has 1 nitrogen and oxygen atoms in total. The molecule has 0 spiro atoms. The van der Waals surface area contributed by atoms with Crippen LogP contribution in [0.15, 0.2) is 27.1 Å². The van der Waals surface area contributed by atoms with Crippen LogP contribution in [0.2, 0.25) is 0 Å². The average Bonchev–Trinajstić information content (AvgIpc) is 2.08. The third-order valence-electron chi connectivity index (χ3n) is 1.79. The van der Waals surface area contributed by atoms with Crippen molar-refractivity contribution in [2.45, 2.75) is 18.9 Å². The summed E-state index contributed by atoms with van der Waals surface area (Å²) in [7, 11) is 0. The molecule has 0 radical (unpaired) electrons. The van der Waals surface area contributed by atoms with Crippen LogP contribution in [0.4, 0.5) is 8.78 Å². The summed E-state index contributed by atoms with van der Waals surface area (Å²) >= 11 is 6.54. The quantitative estimate of drug-likeness (QED) is 0.895. The highest BCUT2D eigenvalue weighted by Crippen LogP contribution is 2.28. The van der Waals surface area contributed by atoms with Crippen LogP contribution in [0.3, 0.4) is 0 Å². The third kappa shape index (κ3) is 3.29. The van der Waals surface area contributed by atoms with Crippen LogP contribution in [0.5, 0.6) is 0 Å². The molecule has 2 N–H and O–H groups in total. The van der Waals surface area contributed by atoms with Crippen LogP contribution < -0.4 is 5.73 Å². The SMILES string of the molecule is N[C@H](CC(F)F)c1cc(Br)ccc1Br. The molecule has 0 aliphatic carbocycles. The molecule has 1 aromatic rings. The van der Waals surface area contributed by atoms with E-state index in [0.717, 1.165) is 8.95 Å². The normalized spacial score (nSPS) is 13.3. The van der Waals surface area contributed by atoms with Crippen molar-refractivity contribution >= 4 is 31.9 Å². The molecule has 0 aromatic heterocycles. The van der Waals surface area contributed by atoms with Crippen LogP contribution in [-0.2, 0) is 0 Å². The van der Waals surface area contributed by atoms with E-state index >= 15 is 0 Å². The van der Waals surface area contributed by atoms with E-state index in [-0.39, 0.29) is 6.42 Å². The molecular weight excluding hydrogens is 320 g/mol. The molecule has 1 atom stereocenters. The number of hydrogen-bond acceptors (Lipinski definition) is 1. The first-order valence-corrected chi connectivity index (χ1v) is 5.58. The second-order valence-electron chi connectivity index (χ2n) is 2.90. The van der Waals surface area contributed by atoms with Gasteiger partial charge in [0.25, 0.3) is 0 Å². The summed E-state index contributed by atoms with van der Waals surface area (Å²) in [4.78, 5) is 0. The van der Waals surface area contributed by atoms with Crippen LogP contribution in [0.25, 0.3) is 0 Å². The number of rotatable bonds is 3. The second-order valence-corrected chi connectivity index (χ2v) is 4.67. The lowest BCUT2D eigenvalue weighted by Crippen LogP contribution is -2.14. The van der Waals surface area contributed by atoms with Gasteiger partial charge in [0.05, 0.1) is 0 Å². The minimum Gasteiger partial charge on any atom is -0.324 e. The zero-order valence-electron chi connectivity index (χ0n) is 7.18. The highest BCUT2D eigenvalue weighted by Gasteiger charge is 2.15. The fourth-order valence-corrected chi connectivity index (χ4v) is 2.04.